The zero-order chi connectivity index (χ0) is 15.5. The summed E-state index contributed by atoms with van der Waals surface area (Å²) < 4.78 is 14.5. The van der Waals surface area contributed by atoms with Crippen LogP contribution in [0.1, 0.15) is 0 Å². The molecule has 0 atom stereocenters. The molecule has 0 aliphatic carbocycles. The minimum absolute atomic E-state index is 0.00458. The summed E-state index contributed by atoms with van der Waals surface area (Å²) in [6, 6.07) is 6.48. The number of hydrogen-bond donors (Lipinski definition) is 0. The van der Waals surface area contributed by atoms with Crippen LogP contribution >= 0.6 is 0 Å². The second kappa shape index (κ2) is 6.10. The summed E-state index contributed by atoms with van der Waals surface area (Å²) in [5.74, 6) is -0.234. The summed E-state index contributed by atoms with van der Waals surface area (Å²) in [4.78, 5) is 14.6. The van der Waals surface area contributed by atoms with Gasteiger partial charge in [0.1, 0.15) is 18.2 Å². The molecule has 116 valence electrons. The topological polar surface area (TPSA) is 67.4 Å². The Morgan fingerprint density at radius 1 is 1.18 bits per heavy atom. The van der Waals surface area contributed by atoms with Gasteiger partial charge in [-0.15, -0.1) is 0 Å². The SMILES string of the molecule is O=[N+]([O-])c1cnn(CN2CCN(c3ccc(F)cc3)CC2)c1. The monoisotopic (exact) mass is 305 g/mol. The first-order chi connectivity index (χ1) is 10.6. The first kappa shape index (κ1) is 14.5. The smallest absolute Gasteiger partial charge is 0.307 e. The average Bonchev–Trinajstić information content (AvgIpc) is 2.98. The van der Waals surface area contributed by atoms with E-state index in [1.165, 1.54) is 24.5 Å². The van der Waals surface area contributed by atoms with E-state index in [-0.39, 0.29) is 11.5 Å². The van der Waals surface area contributed by atoms with Crippen LogP contribution in [0.2, 0.25) is 0 Å². The summed E-state index contributed by atoms with van der Waals surface area (Å²) in [5, 5.41) is 14.6. The Labute approximate surface area is 126 Å². The molecule has 0 radical (unpaired) electrons. The molecule has 2 aromatic rings. The van der Waals surface area contributed by atoms with Gasteiger partial charge >= 0.3 is 5.69 Å². The number of nitro groups is 1. The number of halogens is 1. The number of benzene rings is 1. The van der Waals surface area contributed by atoms with E-state index in [4.69, 9.17) is 0 Å². The molecule has 1 aliphatic heterocycles. The lowest BCUT2D eigenvalue weighted by Crippen LogP contribution is -2.46. The van der Waals surface area contributed by atoms with E-state index in [0.29, 0.717) is 6.67 Å². The fraction of sp³-hybridized carbons (Fsp3) is 0.357. The maximum atomic E-state index is 12.9. The number of rotatable bonds is 4. The van der Waals surface area contributed by atoms with Gasteiger partial charge in [-0.05, 0) is 24.3 Å². The van der Waals surface area contributed by atoms with Gasteiger partial charge in [0, 0.05) is 31.9 Å². The minimum Gasteiger partial charge on any atom is -0.369 e. The van der Waals surface area contributed by atoms with Crippen molar-refractivity contribution in [3.63, 3.8) is 0 Å². The van der Waals surface area contributed by atoms with Gasteiger partial charge in [-0.3, -0.25) is 19.7 Å². The molecule has 1 aromatic heterocycles. The van der Waals surface area contributed by atoms with Gasteiger partial charge in [0.2, 0.25) is 0 Å². The van der Waals surface area contributed by atoms with Gasteiger partial charge in [-0.25, -0.2) is 4.39 Å². The second-order valence-electron chi connectivity index (χ2n) is 5.22. The predicted molar refractivity (Wildman–Crippen MR) is 79.1 cm³/mol. The molecular formula is C14H16FN5O2. The highest BCUT2D eigenvalue weighted by atomic mass is 19.1. The second-order valence-corrected chi connectivity index (χ2v) is 5.22. The molecule has 0 N–H and O–H groups in total. The molecule has 1 aliphatic rings. The molecule has 0 unspecified atom stereocenters. The van der Waals surface area contributed by atoms with E-state index in [0.717, 1.165) is 31.9 Å². The van der Waals surface area contributed by atoms with Gasteiger partial charge in [-0.2, -0.15) is 5.10 Å². The van der Waals surface area contributed by atoms with Crippen molar-refractivity contribution < 1.29 is 9.31 Å². The maximum Gasteiger partial charge on any atom is 0.307 e. The predicted octanol–water partition coefficient (Wildman–Crippen LogP) is 1.71. The zero-order valence-corrected chi connectivity index (χ0v) is 11.9. The molecule has 1 aromatic carbocycles. The quantitative estimate of drug-likeness (QED) is 0.635. The van der Waals surface area contributed by atoms with E-state index >= 15 is 0 Å². The van der Waals surface area contributed by atoms with Crippen molar-refractivity contribution in [3.8, 4) is 0 Å². The lowest BCUT2D eigenvalue weighted by molar-refractivity contribution is -0.385. The molecule has 8 heteroatoms. The van der Waals surface area contributed by atoms with Gasteiger partial charge in [-0.1, -0.05) is 0 Å². The van der Waals surface area contributed by atoms with E-state index in [2.05, 4.69) is 14.9 Å². The third-order valence-corrected chi connectivity index (χ3v) is 3.74. The number of hydrogen-bond acceptors (Lipinski definition) is 5. The van der Waals surface area contributed by atoms with Gasteiger partial charge in [0.05, 0.1) is 11.6 Å². The summed E-state index contributed by atoms with van der Waals surface area (Å²) in [6.45, 7) is 3.84. The first-order valence-corrected chi connectivity index (χ1v) is 7.01. The number of aromatic nitrogens is 2. The fourth-order valence-electron chi connectivity index (χ4n) is 2.53. The Balaban J connectivity index is 1.55. The van der Waals surface area contributed by atoms with Crippen LogP contribution in [0.3, 0.4) is 0 Å². The van der Waals surface area contributed by atoms with Crippen LogP contribution in [0.25, 0.3) is 0 Å². The van der Waals surface area contributed by atoms with Crippen molar-refractivity contribution in [2.75, 3.05) is 31.1 Å². The van der Waals surface area contributed by atoms with Crippen LogP contribution in [-0.2, 0) is 6.67 Å². The molecule has 22 heavy (non-hydrogen) atoms. The van der Waals surface area contributed by atoms with Gasteiger partial charge in [0.25, 0.3) is 0 Å². The molecule has 2 heterocycles. The molecule has 0 spiro atoms. The largest absolute Gasteiger partial charge is 0.369 e. The van der Waals surface area contributed by atoms with E-state index in [1.807, 2.05) is 0 Å². The zero-order valence-electron chi connectivity index (χ0n) is 11.9. The molecule has 3 rings (SSSR count). The van der Waals surface area contributed by atoms with Crippen molar-refractivity contribution in [1.29, 1.82) is 0 Å². The lowest BCUT2D eigenvalue weighted by Gasteiger charge is -2.35. The highest BCUT2D eigenvalue weighted by Gasteiger charge is 2.18. The van der Waals surface area contributed by atoms with Crippen molar-refractivity contribution in [2.45, 2.75) is 6.67 Å². The standard InChI is InChI=1S/C14H16FN5O2/c15-12-1-3-13(4-2-12)18-7-5-17(6-8-18)11-19-10-14(9-16-19)20(21)22/h1-4,9-10H,5-8,11H2. The summed E-state index contributed by atoms with van der Waals surface area (Å²) >= 11 is 0. The van der Waals surface area contributed by atoms with Crippen LogP contribution in [0, 0.1) is 15.9 Å². The average molecular weight is 305 g/mol. The third kappa shape index (κ3) is 3.22. The van der Waals surface area contributed by atoms with Crippen LogP contribution in [0.4, 0.5) is 15.8 Å². The number of anilines is 1. The molecule has 0 bridgehead atoms. The first-order valence-electron chi connectivity index (χ1n) is 7.01. The van der Waals surface area contributed by atoms with Crippen LogP contribution < -0.4 is 4.90 Å². The van der Waals surface area contributed by atoms with Crippen molar-refractivity contribution in [2.24, 2.45) is 0 Å². The Hall–Kier alpha value is -2.48. The summed E-state index contributed by atoms with van der Waals surface area (Å²) in [7, 11) is 0. The molecule has 0 saturated carbocycles. The Morgan fingerprint density at radius 2 is 1.86 bits per heavy atom. The molecule has 1 fully saturated rings. The Bertz CT molecular complexity index is 650. The van der Waals surface area contributed by atoms with Gasteiger partial charge < -0.3 is 4.90 Å². The minimum atomic E-state index is -0.448. The maximum absolute atomic E-state index is 12.9. The summed E-state index contributed by atoms with van der Waals surface area (Å²) in [6.07, 6.45) is 2.70. The Kier molecular flexibility index (Phi) is 4.01. The molecule has 1 saturated heterocycles. The normalized spacial score (nSPS) is 16.0. The highest BCUT2D eigenvalue weighted by molar-refractivity contribution is 5.46. The number of piperazine rings is 1. The van der Waals surface area contributed by atoms with E-state index < -0.39 is 4.92 Å². The van der Waals surface area contributed by atoms with Crippen molar-refractivity contribution in [3.05, 3.63) is 52.6 Å². The van der Waals surface area contributed by atoms with Crippen LogP contribution in [-0.4, -0.2) is 45.8 Å². The van der Waals surface area contributed by atoms with E-state index in [1.54, 1.807) is 16.8 Å². The molecular weight excluding hydrogens is 289 g/mol. The van der Waals surface area contributed by atoms with Crippen LogP contribution in [0.5, 0.6) is 0 Å². The van der Waals surface area contributed by atoms with Crippen molar-refractivity contribution >= 4 is 11.4 Å². The Morgan fingerprint density at radius 3 is 2.45 bits per heavy atom. The van der Waals surface area contributed by atoms with Gasteiger partial charge in [0.15, 0.2) is 0 Å². The molecule has 0 amide bonds. The van der Waals surface area contributed by atoms with Crippen LogP contribution in [0.15, 0.2) is 36.7 Å². The van der Waals surface area contributed by atoms with Crippen molar-refractivity contribution in [1.82, 2.24) is 14.7 Å². The third-order valence-electron chi connectivity index (χ3n) is 3.74. The molecule has 7 nitrogen and oxygen atoms in total. The fourth-order valence-corrected chi connectivity index (χ4v) is 2.53. The lowest BCUT2D eigenvalue weighted by atomic mass is 10.2. The summed E-state index contributed by atoms with van der Waals surface area (Å²) in [5.41, 5.74) is 1.01. The number of nitrogens with zero attached hydrogens (tertiary/aromatic N) is 5. The van der Waals surface area contributed by atoms with E-state index in [9.17, 15) is 14.5 Å². The highest BCUT2D eigenvalue weighted by Crippen LogP contribution is 2.17.